The zero-order valence-electron chi connectivity index (χ0n) is 10.7. The predicted molar refractivity (Wildman–Crippen MR) is 76.4 cm³/mol. The smallest absolute Gasteiger partial charge is 0.251 e. The SMILES string of the molecule is Cc1cc(CNC(=O)c2ccc3nc(N)sc3c2)on1. The number of fused-ring (bicyclic) bond motifs is 1. The van der Waals surface area contributed by atoms with Gasteiger partial charge in [0, 0.05) is 11.6 Å². The molecule has 0 spiro atoms. The first-order chi connectivity index (χ1) is 9.61. The van der Waals surface area contributed by atoms with Crippen LogP contribution in [0.2, 0.25) is 0 Å². The lowest BCUT2D eigenvalue weighted by Gasteiger charge is -2.02. The van der Waals surface area contributed by atoms with Crippen molar-refractivity contribution in [2.75, 3.05) is 5.73 Å². The lowest BCUT2D eigenvalue weighted by atomic mass is 10.2. The van der Waals surface area contributed by atoms with Crippen molar-refractivity contribution in [2.24, 2.45) is 0 Å². The highest BCUT2D eigenvalue weighted by molar-refractivity contribution is 7.22. The molecule has 7 heteroatoms. The summed E-state index contributed by atoms with van der Waals surface area (Å²) in [7, 11) is 0. The highest BCUT2D eigenvalue weighted by Gasteiger charge is 2.09. The van der Waals surface area contributed by atoms with Gasteiger partial charge in [0.15, 0.2) is 10.9 Å². The third-order valence-electron chi connectivity index (χ3n) is 2.77. The largest absolute Gasteiger partial charge is 0.375 e. The Labute approximate surface area is 118 Å². The summed E-state index contributed by atoms with van der Waals surface area (Å²) >= 11 is 1.36. The molecule has 1 aromatic carbocycles. The molecule has 2 aromatic heterocycles. The molecule has 0 radical (unpaired) electrons. The van der Waals surface area contributed by atoms with Gasteiger partial charge in [-0.3, -0.25) is 4.79 Å². The van der Waals surface area contributed by atoms with Gasteiger partial charge in [0.1, 0.15) is 0 Å². The van der Waals surface area contributed by atoms with Gasteiger partial charge in [-0.1, -0.05) is 16.5 Å². The molecule has 0 atom stereocenters. The Bertz CT molecular complexity index is 778. The topological polar surface area (TPSA) is 94.0 Å². The molecule has 20 heavy (non-hydrogen) atoms. The van der Waals surface area contributed by atoms with Gasteiger partial charge >= 0.3 is 0 Å². The molecule has 0 unspecified atom stereocenters. The van der Waals surface area contributed by atoms with Crippen LogP contribution in [0.5, 0.6) is 0 Å². The normalized spacial score (nSPS) is 10.8. The molecule has 0 saturated heterocycles. The third kappa shape index (κ3) is 2.48. The van der Waals surface area contributed by atoms with E-state index in [-0.39, 0.29) is 5.91 Å². The van der Waals surface area contributed by atoms with Crippen LogP contribution in [0.15, 0.2) is 28.8 Å². The second-order valence-electron chi connectivity index (χ2n) is 4.35. The number of aryl methyl sites for hydroxylation is 1. The van der Waals surface area contributed by atoms with Crippen LogP contribution in [0.1, 0.15) is 21.8 Å². The van der Waals surface area contributed by atoms with Crippen LogP contribution in [-0.4, -0.2) is 16.0 Å². The fourth-order valence-corrected chi connectivity index (χ4v) is 2.63. The highest BCUT2D eigenvalue weighted by atomic mass is 32.1. The average molecular weight is 288 g/mol. The number of carbonyl (C=O) groups excluding carboxylic acids is 1. The summed E-state index contributed by atoms with van der Waals surface area (Å²) in [5, 5.41) is 7.04. The monoisotopic (exact) mass is 288 g/mol. The van der Waals surface area contributed by atoms with E-state index in [0.29, 0.717) is 23.0 Å². The number of nitrogens with zero attached hydrogens (tertiary/aromatic N) is 2. The Hall–Kier alpha value is -2.41. The van der Waals surface area contributed by atoms with E-state index in [1.165, 1.54) is 11.3 Å². The Morgan fingerprint density at radius 3 is 3.05 bits per heavy atom. The number of thiazole rings is 1. The molecule has 3 rings (SSSR count). The van der Waals surface area contributed by atoms with E-state index in [1.807, 2.05) is 6.92 Å². The summed E-state index contributed by atoms with van der Waals surface area (Å²) in [6.07, 6.45) is 0. The molecule has 102 valence electrons. The molecule has 0 fully saturated rings. The first-order valence-corrected chi connectivity index (χ1v) is 6.80. The zero-order valence-corrected chi connectivity index (χ0v) is 11.5. The number of nitrogens with two attached hydrogens (primary N) is 1. The quantitative estimate of drug-likeness (QED) is 0.769. The van der Waals surface area contributed by atoms with Crippen LogP contribution in [0.4, 0.5) is 5.13 Å². The summed E-state index contributed by atoms with van der Waals surface area (Å²) in [5.74, 6) is 0.451. The molecule has 0 aliphatic rings. The van der Waals surface area contributed by atoms with Crippen molar-refractivity contribution in [3.8, 4) is 0 Å². The Morgan fingerprint density at radius 2 is 2.30 bits per heavy atom. The van der Waals surface area contributed by atoms with Gasteiger partial charge in [-0.05, 0) is 25.1 Å². The molecule has 1 amide bonds. The first-order valence-electron chi connectivity index (χ1n) is 5.98. The Balaban J connectivity index is 1.74. The van der Waals surface area contributed by atoms with E-state index >= 15 is 0 Å². The minimum Gasteiger partial charge on any atom is -0.375 e. The van der Waals surface area contributed by atoms with Gasteiger partial charge in [0.2, 0.25) is 0 Å². The Morgan fingerprint density at radius 1 is 1.45 bits per heavy atom. The summed E-state index contributed by atoms with van der Waals surface area (Å²) < 4.78 is 5.93. The number of anilines is 1. The van der Waals surface area contributed by atoms with Gasteiger partial charge in [-0.2, -0.15) is 0 Å². The average Bonchev–Trinajstić information content (AvgIpc) is 2.99. The van der Waals surface area contributed by atoms with Gasteiger partial charge in [-0.15, -0.1) is 0 Å². The maximum absolute atomic E-state index is 12.1. The maximum atomic E-state index is 12.1. The number of nitrogens with one attached hydrogen (secondary N) is 1. The summed E-state index contributed by atoms with van der Waals surface area (Å²) in [4.78, 5) is 16.2. The minimum atomic E-state index is -0.173. The van der Waals surface area contributed by atoms with Crippen LogP contribution in [0.3, 0.4) is 0 Å². The molecule has 0 aliphatic carbocycles. The molecule has 3 aromatic rings. The van der Waals surface area contributed by atoms with Crippen molar-refractivity contribution in [3.63, 3.8) is 0 Å². The number of benzene rings is 1. The molecule has 0 saturated carbocycles. The van der Waals surface area contributed by atoms with Gasteiger partial charge in [0.05, 0.1) is 22.5 Å². The van der Waals surface area contributed by atoms with Crippen molar-refractivity contribution in [2.45, 2.75) is 13.5 Å². The molecule has 0 bridgehead atoms. The standard InChI is InChI=1S/C13H12N4O2S/c1-7-4-9(19-17-7)6-15-12(18)8-2-3-10-11(5-8)20-13(14)16-10/h2-5H,6H2,1H3,(H2,14,16)(H,15,18). The van der Waals surface area contributed by atoms with Gasteiger partial charge < -0.3 is 15.6 Å². The first kappa shape index (κ1) is 12.6. The van der Waals surface area contributed by atoms with Crippen molar-refractivity contribution >= 4 is 32.6 Å². The van der Waals surface area contributed by atoms with E-state index in [2.05, 4.69) is 15.5 Å². The van der Waals surface area contributed by atoms with Crippen molar-refractivity contribution < 1.29 is 9.32 Å². The van der Waals surface area contributed by atoms with E-state index in [0.717, 1.165) is 15.9 Å². The fourth-order valence-electron chi connectivity index (χ4n) is 1.85. The minimum absolute atomic E-state index is 0.173. The zero-order chi connectivity index (χ0) is 14.1. The van der Waals surface area contributed by atoms with Crippen molar-refractivity contribution in [3.05, 3.63) is 41.3 Å². The number of rotatable bonds is 3. The van der Waals surface area contributed by atoms with Crippen LogP contribution in [0, 0.1) is 6.92 Å². The molecule has 2 heterocycles. The maximum Gasteiger partial charge on any atom is 0.251 e. The van der Waals surface area contributed by atoms with Crippen LogP contribution < -0.4 is 11.1 Å². The highest BCUT2D eigenvalue weighted by Crippen LogP contribution is 2.24. The number of hydrogen-bond acceptors (Lipinski definition) is 6. The van der Waals surface area contributed by atoms with Crippen molar-refractivity contribution in [1.29, 1.82) is 0 Å². The van der Waals surface area contributed by atoms with Gasteiger partial charge in [0.25, 0.3) is 5.91 Å². The van der Waals surface area contributed by atoms with E-state index < -0.39 is 0 Å². The van der Waals surface area contributed by atoms with Gasteiger partial charge in [-0.25, -0.2) is 4.98 Å². The number of aromatic nitrogens is 2. The van der Waals surface area contributed by atoms with Crippen LogP contribution >= 0.6 is 11.3 Å². The van der Waals surface area contributed by atoms with E-state index in [4.69, 9.17) is 10.3 Å². The van der Waals surface area contributed by atoms with Crippen LogP contribution in [0.25, 0.3) is 10.2 Å². The molecular weight excluding hydrogens is 276 g/mol. The van der Waals surface area contributed by atoms with Crippen LogP contribution in [-0.2, 0) is 6.54 Å². The summed E-state index contributed by atoms with van der Waals surface area (Å²) in [6, 6.07) is 7.08. The lowest BCUT2D eigenvalue weighted by Crippen LogP contribution is -2.22. The van der Waals surface area contributed by atoms with E-state index in [9.17, 15) is 4.79 Å². The summed E-state index contributed by atoms with van der Waals surface area (Å²) in [5.41, 5.74) is 7.80. The summed E-state index contributed by atoms with van der Waals surface area (Å²) in [6.45, 7) is 2.14. The number of amides is 1. The van der Waals surface area contributed by atoms with E-state index in [1.54, 1.807) is 24.3 Å². The molecule has 0 aliphatic heterocycles. The molecule has 3 N–H and O–H groups in total. The lowest BCUT2D eigenvalue weighted by molar-refractivity contribution is 0.0947. The second kappa shape index (κ2) is 4.93. The fraction of sp³-hybridized carbons (Fsp3) is 0.154. The molecular formula is C13H12N4O2S. The number of nitrogen functional groups attached to an aromatic ring is 1. The number of hydrogen-bond donors (Lipinski definition) is 2. The Kier molecular flexibility index (Phi) is 3.11. The van der Waals surface area contributed by atoms with Crippen molar-refractivity contribution in [1.82, 2.24) is 15.5 Å². The second-order valence-corrected chi connectivity index (χ2v) is 5.41. The molecule has 6 nitrogen and oxygen atoms in total. The third-order valence-corrected chi connectivity index (χ3v) is 3.61. The predicted octanol–water partition coefficient (Wildman–Crippen LogP) is 2.10. The number of carbonyl (C=O) groups is 1.